The van der Waals surface area contributed by atoms with E-state index in [9.17, 15) is 26.7 Å². The van der Waals surface area contributed by atoms with Gasteiger partial charge in [0.2, 0.25) is 5.91 Å². The maximum absolute atomic E-state index is 12.4. The first-order chi connectivity index (χ1) is 8.67. The highest BCUT2D eigenvalue weighted by Gasteiger charge is 2.37. The number of rotatable bonds is 4. The Morgan fingerprint density at radius 2 is 2.00 bits per heavy atom. The highest BCUT2D eigenvalue weighted by atomic mass is 19.4. The number of carbonyl (C=O) groups is 1. The first-order valence-corrected chi connectivity index (χ1v) is 6.01. The van der Waals surface area contributed by atoms with Crippen LogP contribution in [0.15, 0.2) is 0 Å². The van der Waals surface area contributed by atoms with Crippen LogP contribution in [0, 0.1) is 5.92 Å². The molecular weight excluding hydrogens is 271 g/mol. The quantitative estimate of drug-likeness (QED) is 0.803. The van der Waals surface area contributed by atoms with Crippen LogP contribution >= 0.6 is 0 Å². The van der Waals surface area contributed by atoms with Crippen molar-refractivity contribution in [3.8, 4) is 0 Å². The molecule has 1 amide bonds. The van der Waals surface area contributed by atoms with Crippen molar-refractivity contribution in [2.24, 2.45) is 5.92 Å². The molecular formula is C11H17F5N2O. The monoisotopic (exact) mass is 288 g/mol. The Kier molecular flexibility index (Phi) is 5.51. The van der Waals surface area contributed by atoms with Gasteiger partial charge in [-0.3, -0.25) is 4.79 Å². The summed E-state index contributed by atoms with van der Waals surface area (Å²) < 4.78 is 61.3. The van der Waals surface area contributed by atoms with E-state index in [1.54, 1.807) is 0 Å². The number of likely N-dealkylation sites (tertiary alicyclic amines) is 1. The fourth-order valence-electron chi connectivity index (χ4n) is 2.34. The minimum atomic E-state index is -4.31. The van der Waals surface area contributed by atoms with Gasteiger partial charge >= 0.3 is 6.18 Å². The first kappa shape index (κ1) is 16.1. The molecule has 3 nitrogen and oxygen atoms in total. The molecule has 2 atom stereocenters. The number of amides is 1. The number of piperidine rings is 1. The lowest BCUT2D eigenvalue weighted by Gasteiger charge is -2.38. The Balaban J connectivity index is 2.60. The molecule has 19 heavy (non-hydrogen) atoms. The van der Waals surface area contributed by atoms with Crippen LogP contribution in [0.4, 0.5) is 22.0 Å². The van der Waals surface area contributed by atoms with Crippen molar-refractivity contribution in [3.63, 3.8) is 0 Å². The van der Waals surface area contributed by atoms with E-state index in [0.29, 0.717) is 0 Å². The summed E-state index contributed by atoms with van der Waals surface area (Å²) in [7, 11) is 0. The van der Waals surface area contributed by atoms with Crippen molar-refractivity contribution in [2.45, 2.75) is 38.4 Å². The second-order valence-electron chi connectivity index (χ2n) is 4.84. The van der Waals surface area contributed by atoms with Gasteiger partial charge in [0, 0.05) is 32.5 Å². The summed E-state index contributed by atoms with van der Waals surface area (Å²) in [5.74, 6) is -1.08. The lowest BCUT2D eigenvalue weighted by molar-refractivity contribution is -0.153. The third-order valence-corrected chi connectivity index (χ3v) is 3.06. The van der Waals surface area contributed by atoms with E-state index in [-0.39, 0.29) is 25.4 Å². The zero-order chi connectivity index (χ0) is 14.6. The van der Waals surface area contributed by atoms with Crippen molar-refractivity contribution in [2.75, 3.05) is 19.6 Å². The highest BCUT2D eigenvalue weighted by Crippen LogP contribution is 2.30. The zero-order valence-corrected chi connectivity index (χ0v) is 10.5. The summed E-state index contributed by atoms with van der Waals surface area (Å²) in [5, 5.41) is 2.51. The molecule has 112 valence electrons. The number of halogens is 5. The van der Waals surface area contributed by atoms with Gasteiger partial charge in [-0.2, -0.15) is 13.2 Å². The Labute approximate surface area is 108 Å². The predicted octanol–water partition coefficient (Wildman–Crippen LogP) is 2.03. The summed E-state index contributed by atoms with van der Waals surface area (Å²) in [6.45, 7) is 0.896. The van der Waals surface area contributed by atoms with Gasteiger partial charge < -0.3 is 10.2 Å². The summed E-state index contributed by atoms with van der Waals surface area (Å²) in [4.78, 5) is 12.5. The van der Waals surface area contributed by atoms with E-state index in [4.69, 9.17) is 0 Å². The molecule has 0 aromatic rings. The highest BCUT2D eigenvalue weighted by molar-refractivity contribution is 5.73. The molecule has 1 fully saturated rings. The van der Waals surface area contributed by atoms with Gasteiger partial charge in [-0.25, -0.2) is 8.78 Å². The van der Waals surface area contributed by atoms with Gasteiger partial charge in [-0.15, -0.1) is 0 Å². The van der Waals surface area contributed by atoms with Crippen LogP contribution in [0.1, 0.15) is 19.8 Å². The second kappa shape index (κ2) is 6.49. The van der Waals surface area contributed by atoms with Gasteiger partial charge in [0.1, 0.15) is 0 Å². The SMILES string of the molecule is CC(=O)N1CC(CC(F)(F)F)CC(NCC(F)F)C1. The summed E-state index contributed by atoms with van der Waals surface area (Å²) in [6.07, 6.45) is -7.72. The van der Waals surface area contributed by atoms with Crippen LogP contribution in [0.25, 0.3) is 0 Å². The number of nitrogens with one attached hydrogen (secondary N) is 1. The molecule has 0 aliphatic carbocycles. The molecule has 0 aromatic carbocycles. The molecule has 0 aromatic heterocycles. The van der Waals surface area contributed by atoms with Crippen LogP contribution in [0.5, 0.6) is 0 Å². The number of carbonyl (C=O) groups excluding carboxylic acids is 1. The standard InChI is InChI=1S/C11H17F5N2O/c1-7(19)18-5-8(3-11(14,15)16)2-9(6-18)17-4-10(12)13/h8-10,17H,2-6H2,1H3. The molecule has 1 aliphatic rings. The average molecular weight is 288 g/mol. The predicted molar refractivity (Wildman–Crippen MR) is 58.8 cm³/mol. The molecule has 0 saturated carbocycles. The fourth-order valence-corrected chi connectivity index (χ4v) is 2.34. The maximum atomic E-state index is 12.4. The number of hydrogen-bond donors (Lipinski definition) is 1. The van der Waals surface area contributed by atoms with Crippen LogP contribution in [-0.4, -0.2) is 49.1 Å². The number of hydrogen-bond acceptors (Lipinski definition) is 2. The van der Waals surface area contributed by atoms with E-state index >= 15 is 0 Å². The molecule has 0 spiro atoms. The van der Waals surface area contributed by atoms with E-state index in [1.165, 1.54) is 11.8 Å². The van der Waals surface area contributed by atoms with Crippen molar-refractivity contribution in [1.82, 2.24) is 10.2 Å². The van der Waals surface area contributed by atoms with Crippen molar-refractivity contribution in [3.05, 3.63) is 0 Å². The lowest BCUT2D eigenvalue weighted by Crippen LogP contribution is -2.52. The first-order valence-electron chi connectivity index (χ1n) is 6.01. The fraction of sp³-hybridized carbons (Fsp3) is 0.909. The molecule has 1 N–H and O–H groups in total. The van der Waals surface area contributed by atoms with Crippen LogP contribution in [0.3, 0.4) is 0 Å². The third kappa shape index (κ3) is 6.17. The molecule has 1 rings (SSSR count). The third-order valence-electron chi connectivity index (χ3n) is 3.06. The van der Waals surface area contributed by atoms with Gasteiger partial charge in [-0.05, 0) is 12.3 Å². The molecule has 0 bridgehead atoms. The maximum Gasteiger partial charge on any atom is 0.389 e. The smallest absolute Gasteiger partial charge is 0.341 e. The molecule has 0 radical (unpaired) electrons. The Morgan fingerprint density at radius 1 is 1.37 bits per heavy atom. The van der Waals surface area contributed by atoms with E-state index in [0.717, 1.165) is 0 Å². The van der Waals surface area contributed by atoms with Crippen molar-refractivity contribution < 1.29 is 26.7 Å². The lowest BCUT2D eigenvalue weighted by atomic mass is 9.91. The largest absolute Gasteiger partial charge is 0.389 e. The minimum absolute atomic E-state index is 0.0295. The van der Waals surface area contributed by atoms with Gasteiger partial charge in [-0.1, -0.05) is 0 Å². The van der Waals surface area contributed by atoms with E-state index in [1.807, 2.05) is 0 Å². The van der Waals surface area contributed by atoms with Gasteiger partial charge in [0.05, 0.1) is 6.54 Å². The molecule has 1 heterocycles. The topological polar surface area (TPSA) is 32.3 Å². The van der Waals surface area contributed by atoms with E-state index in [2.05, 4.69) is 5.32 Å². The number of nitrogens with zero attached hydrogens (tertiary/aromatic N) is 1. The molecule has 1 aliphatic heterocycles. The van der Waals surface area contributed by atoms with Crippen LogP contribution in [-0.2, 0) is 4.79 Å². The van der Waals surface area contributed by atoms with Gasteiger partial charge in [0.15, 0.2) is 0 Å². The second-order valence-corrected chi connectivity index (χ2v) is 4.84. The summed E-state index contributed by atoms with van der Waals surface area (Å²) in [6, 6.07) is -0.515. The summed E-state index contributed by atoms with van der Waals surface area (Å²) >= 11 is 0. The zero-order valence-electron chi connectivity index (χ0n) is 10.5. The summed E-state index contributed by atoms with van der Waals surface area (Å²) in [5.41, 5.74) is 0. The van der Waals surface area contributed by atoms with Crippen LogP contribution in [0.2, 0.25) is 0 Å². The van der Waals surface area contributed by atoms with Crippen molar-refractivity contribution >= 4 is 5.91 Å². The van der Waals surface area contributed by atoms with Crippen molar-refractivity contribution in [1.29, 1.82) is 0 Å². The Morgan fingerprint density at radius 3 is 2.47 bits per heavy atom. The number of alkyl halides is 5. The minimum Gasteiger partial charge on any atom is -0.341 e. The Hall–Kier alpha value is -0.920. The van der Waals surface area contributed by atoms with Gasteiger partial charge in [0.25, 0.3) is 6.43 Å². The molecule has 8 heteroatoms. The normalized spacial score (nSPS) is 24.9. The average Bonchev–Trinajstić information content (AvgIpc) is 2.23. The Bertz CT molecular complexity index is 308. The molecule has 2 unspecified atom stereocenters. The molecule has 1 saturated heterocycles. The van der Waals surface area contributed by atoms with Crippen LogP contribution < -0.4 is 5.32 Å². The van der Waals surface area contributed by atoms with E-state index < -0.39 is 37.5 Å².